The van der Waals surface area contributed by atoms with Crippen LogP contribution in [-0.4, -0.2) is 31.9 Å². The van der Waals surface area contributed by atoms with Crippen LogP contribution >= 0.6 is 11.6 Å². The maximum Gasteiger partial charge on any atom is 0.268 e. The Morgan fingerprint density at radius 2 is 2.00 bits per heavy atom. The molecule has 136 valence electrons. The highest BCUT2D eigenvalue weighted by molar-refractivity contribution is 6.34. The molecular weight excluding hydrogens is 363 g/mol. The molecule has 26 heavy (non-hydrogen) atoms. The number of hydrogen-bond acceptors (Lipinski definition) is 5. The number of ether oxygens (including phenoxy) is 2. The van der Waals surface area contributed by atoms with Gasteiger partial charge in [0.25, 0.3) is 5.91 Å². The van der Waals surface area contributed by atoms with E-state index >= 15 is 0 Å². The van der Waals surface area contributed by atoms with Gasteiger partial charge in [0.1, 0.15) is 5.82 Å². The molecule has 0 fully saturated rings. The maximum atomic E-state index is 13.3. The third-order valence-corrected chi connectivity index (χ3v) is 4.16. The van der Waals surface area contributed by atoms with E-state index in [-0.39, 0.29) is 12.2 Å². The van der Waals surface area contributed by atoms with Gasteiger partial charge in [0.2, 0.25) is 6.10 Å². The Bertz CT molecular complexity index is 872. The number of rotatable bonds is 5. The van der Waals surface area contributed by atoms with E-state index in [0.717, 1.165) is 0 Å². The molecule has 0 radical (unpaired) electrons. The second-order valence-electron chi connectivity index (χ2n) is 5.52. The van der Waals surface area contributed by atoms with E-state index in [9.17, 15) is 9.18 Å². The molecule has 6 nitrogen and oxygen atoms in total. The summed E-state index contributed by atoms with van der Waals surface area (Å²) in [6.07, 6.45) is -0.613. The van der Waals surface area contributed by atoms with E-state index < -0.39 is 12.0 Å². The van der Waals surface area contributed by atoms with Crippen LogP contribution in [0.15, 0.2) is 41.6 Å². The van der Waals surface area contributed by atoms with Crippen molar-refractivity contribution in [2.75, 3.05) is 19.5 Å². The summed E-state index contributed by atoms with van der Waals surface area (Å²) in [6, 6.07) is 9.06. The first-order chi connectivity index (χ1) is 12.5. The van der Waals surface area contributed by atoms with Crippen LogP contribution in [0.25, 0.3) is 0 Å². The van der Waals surface area contributed by atoms with Crippen LogP contribution < -0.4 is 14.8 Å². The van der Waals surface area contributed by atoms with Crippen LogP contribution in [0.4, 0.5) is 10.1 Å². The molecule has 0 unspecified atom stereocenters. The van der Waals surface area contributed by atoms with E-state index in [1.165, 1.54) is 26.4 Å². The van der Waals surface area contributed by atoms with Crippen LogP contribution in [0.3, 0.4) is 0 Å². The average molecular weight is 379 g/mol. The minimum atomic E-state index is -0.836. The predicted molar refractivity (Wildman–Crippen MR) is 95.6 cm³/mol. The van der Waals surface area contributed by atoms with Gasteiger partial charge in [-0.1, -0.05) is 28.9 Å². The molecule has 0 saturated carbocycles. The monoisotopic (exact) mass is 378 g/mol. The molecule has 1 heterocycles. The van der Waals surface area contributed by atoms with E-state index in [2.05, 4.69) is 10.5 Å². The van der Waals surface area contributed by atoms with Gasteiger partial charge in [0, 0.05) is 24.1 Å². The van der Waals surface area contributed by atoms with Crippen molar-refractivity contribution < 1.29 is 23.5 Å². The number of oxime groups is 1. The number of nitrogens with one attached hydrogen (secondary N) is 1. The fourth-order valence-electron chi connectivity index (χ4n) is 2.52. The molecule has 1 aliphatic heterocycles. The smallest absolute Gasteiger partial charge is 0.268 e. The van der Waals surface area contributed by atoms with Gasteiger partial charge in [-0.2, -0.15) is 0 Å². The van der Waals surface area contributed by atoms with Gasteiger partial charge in [-0.15, -0.1) is 0 Å². The zero-order valence-corrected chi connectivity index (χ0v) is 14.8. The van der Waals surface area contributed by atoms with E-state index in [0.29, 0.717) is 33.5 Å². The summed E-state index contributed by atoms with van der Waals surface area (Å²) in [7, 11) is 2.97. The molecule has 0 aromatic heterocycles. The predicted octanol–water partition coefficient (Wildman–Crippen LogP) is 3.63. The molecular formula is C18H16ClFN2O4. The molecule has 0 aliphatic carbocycles. The first-order valence-corrected chi connectivity index (χ1v) is 8.10. The van der Waals surface area contributed by atoms with Gasteiger partial charge < -0.3 is 19.6 Å². The Labute approximate surface area is 154 Å². The second kappa shape index (κ2) is 7.61. The third-order valence-electron chi connectivity index (χ3n) is 3.85. The Kier molecular flexibility index (Phi) is 5.27. The molecule has 1 amide bonds. The first kappa shape index (κ1) is 18.0. The third kappa shape index (κ3) is 3.72. The number of hydrogen-bond donors (Lipinski definition) is 1. The minimum absolute atomic E-state index is 0.222. The lowest BCUT2D eigenvalue weighted by Gasteiger charge is -2.14. The summed E-state index contributed by atoms with van der Waals surface area (Å²) in [6.45, 7) is 0. The summed E-state index contributed by atoms with van der Waals surface area (Å²) < 4.78 is 23.7. The maximum absolute atomic E-state index is 13.3. The molecule has 1 atom stereocenters. The van der Waals surface area contributed by atoms with Gasteiger partial charge in [-0.05, 0) is 12.1 Å². The SMILES string of the molecule is COc1cc(Cl)c(NC(=O)[C@@H]2CC(c3cccc(F)c3)=NO2)cc1OC. The molecule has 1 aliphatic rings. The largest absolute Gasteiger partial charge is 0.493 e. The van der Waals surface area contributed by atoms with Crippen molar-refractivity contribution in [3.8, 4) is 11.5 Å². The van der Waals surface area contributed by atoms with Crippen LogP contribution in [0.1, 0.15) is 12.0 Å². The summed E-state index contributed by atoms with van der Waals surface area (Å²) in [5.41, 5.74) is 1.43. The summed E-state index contributed by atoms with van der Waals surface area (Å²) in [5, 5.41) is 6.86. The molecule has 2 aromatic rings. The molecule has 1 N–H and O–H groups in total. The Hall–Kier alpha value is -2.80. The van der Waals surface area contributed by atoms with Gasteiger partial charge in [0.05, 0.1) is 30.6 Å². The highest BCUT2D eigenvalue weighted by Gasteiger charge is 2.29. The van der Waals surface area contributed by atoms with Crippen LogP contribution in [0.5, 0.6) is 11.5 Å². The van der Waals surface area contributed by atoms with E-state index in [4.69, 9.17) is 25.9 Å². The van der Waals surface area contributed by atoms with Crippen molar-refractivity contribution in [2.45, 2.75) is 12.5 Å². The highest BCUT2D eigenvalue weighted by Crippen LogP contribution is 2.36. The zero-order valence-electron chi connectivity index (χ0n) is 14.1. The molecule has 0 saturated heterocycles. The summed E-state index contributed by atoms with van der Waals surface area (Å²) in [5.74, 6) is 0.0741. The lowest BCUT2D eigenvalue weighted by atomic mass is 10.0. The number of halogens is 2. The first-order valence-electron chi connectivity index (χ1n) is 7.73. The Morgan fingerprint density at radius 3 is 2.69 bits per heavy atom. The molecule has 0 spiro atoms. The van der Waals surface area contributed by atoms with Crippen molar-refractivity contribution in [1.29, 1.82) is 0 Å². The molecule has 0 bridgehead atoms. The number of amides is 1. The number of anilines is 1. The Balaban J connectivity index is 1.70. The topological polar surface area (TPSA) is 69.2 Å². The molecule has 8 heteroatoms. The molecule has 2 aromatic carbocycles. The van der Waals surface area contributed by atoms with Crippen molar-refractivity contribution in [3.63, 3.8) is 0 Å². The fourth-order valence-corrected chi connectivity index (χ4v) is 2.72. The Morgan fingerprint density at radius 1 is 1.27 bits per heavy atom. The van der Waals surface area contributed by atoms with Crippen molar-refractivity contribution in [1.82, 2.24) is 0 Å². The summed E-state index contributed by atoms with van der Waals surface area (Å²) in [4.78, 5) is 17.6. The van der Waals surface area contributed by atoms with Gasteiger partial charge >= 0.3 is 0 Å². The van der Waals surface area contributed by atoms with Gasteiger partial charge in [0.15, 0.2) is 11.5 Å². The highest BCUT2D eigenvalue weighted by atomic mass is 35.5. The zero-order chi connectivity index (χ0) is 18.7. The number of nitrogens with zero attached hydrogens (tertiary/aromatic N) is 1. The fraction of sp³-hybridized carbons (Fsp3) is 0.222. The standard InChI is InChI=1S/C18H16ClFN2O4/c1-24-15-7-12(19)14(9-16(15)25-2)21-18(23)17-8-13(22-26-17)10-4-3-5-11(20)6-10/h3-7,9,17H,8H2,1-2H3,(H,21,23)/t17-/m0/s1. The van der Waals surface area contributed by atoms with Crippen molar-refractivity contribution >= 4 is 28.9 Å². The normalized spacial score (nSPS) is 15.8. The van der Waals surface area contributed by atoms with E-state index in [1.807, 2.05) is 0 Å². The second-order valence-corrected chi connectivity index (χ2v) is 5.93. The van der Waals surface area contributed by atoms with Crippen LogP contribution in [-0.2, 0) is 9.63 Å². The lowest BCUT2D eigenvalue weighted by molar-refractivity contribution is -0.125. The number of methoxy groups -OCH3 is 2. The van der Waals surface area contributed by atoms with Gasteiger partial charge in [-0.25, -0.2) is 4.39 Å². The average Bonchev–Trinajstić information content (AvgIpc) is 3.13. The number of carbonyl (C=O) groups is 1. The lowest BCUT2D eigenvalue weighted by Crippen LogP contribution is -2.28. The van der Waals surface area contributed by atoms with Crippen LogP contribution in [0.2, 0.25) is 5.02 Å². The summed E-state index contributed by atoms with van der Waals surface area (Å²) >= 11 is 6.17. The number of benzene rings is 2. The quantitative estimate of drug-likeness (QED) is 0.862. The molecule has 3 rings (SSSR count). The van der Waals surface area contributed by atoms with Gasteiger partial charge in [-0.3, -0.25) is 4.79 Å². The van der Waals surface area contributed by atoms with E-state index in [1.54, 1.807) is 24.3 Å². The number of carbonyl (C=O) groups excluding carboxylic acids is 1. The van der Waals surface area contributed by atoms with Crippen LogP contribution in [0, 0.1) is 5.82 Å². The van der Waals surface area contributed by atoms with Crippen molar-refractivity contribution in [3.05, 3.63) is 52.8 Å². The minimum Gasteiger partial charge on any atom is -0.493 e. The van der Waals surface area contributed by atoms with Crippen molar-refractivity contribution in [2.24, 2.45) is 5.16 Å².